The van der Waals surface area contributed by atoms with Crippen LogP contribution in [0, 0.1) is 11.8 Å². The van der Waals surface area contributed by atoms with Gasteiger partial charge in [-0.1, -0.05) is 29.8 Å². The Balaban J connectivity index is 2.02. The normalized spacial score (nSPS) is 28.2. The zero-order chi connectivity index (χ0) is 9.84. The average Bonchev–Trinajstić information content (AvgIpc) is 2.82. The molecule has 0 radical (unpaired) electrons. The predicted molar refractivity (Wildman–Crippen MR) is 57.9 cm³/mol. The molecule has 1 amide bonds. The first-order chi connectivity index (χ1) is 6.15. The van der Waals surface area contributed by atoms with Gasteiger partial charge in [-0.05, 0) is 25.2 Å². The van der Waals surface area contributed by atoms with Crippen LogP contribution in [0.15, 0.2) is 0 Å². The topological polar surface area (TPSA) is 29.1 Å². The lowest BCUT2D eigenvalue weighted by Crippen LogP contribution is -2.27. The fraction of sp³-hybridized carbons (Fsp3) is 0.900. The molecule has 3 atom stereocenters. The summed E-state index contributed by atoms with van der Waals surface area (Å²) < 4.78 is 0. The number of carbonyl (C=O) groups excluding carboxylic acids is 1. The molecular weight excluding hydrogens is 230 g/mol. The van der Waals surface area contributed by atoms with E-state index in [-0.39, 0.29) is 5.91 Å². The van der Waals surface area contributed by atoms with E-state index < -0.39 is 0 Å². The molecule has 3 unspecified atom stereocenters. The van der Waals surface area contributed by atoms with Gasteiger partial charge in [-0.15, -0.1) is 0 Å². The van der Waals surface area contributed by atoms with E-state index >= 15 is 0 Å². The van der Waals surface area contributed by atoms with Crippen LogP contribution in [0.1, 0.15) is 33.1 Å². The molecule has 1 fully saturated rings. The maximum Gasteiger partial charge on any atom is 0.223 e. The summed E-state index contributed by atoms with van der Waals surface area (Å²) in [6, 6.07) is 0. The summed E-state index contributed by atoms with van der Waals surface area (Å²) in [5, 5.41) is 2.97. The van der Waals surface area contributed by atoms with Gasteiger partial charge in [-0.2, -0.15) is 0 Å². The summed E-state index contributed by atoms with van der Waals surface area (Å²) in [6.07, 6.45) is 3.23. The standard InChI is InChI=1S/C10H18BrNO/c1-3-8(11)4-5-12-10(13)9-6-7(9)2/h7-9H,3-6H2,1-2H3,(H,12,13). The van der Waals surface area contributed by atoms with E-state index in [4.69, 9.17) is 0 Å². The Bertz CT molecular complexity index is 184. The van der Waals surface area contributed by atoms with Gasteiger partial charge in [0.05, 0.1) is 0 Å². The van der Waals surface area contributed by atoms with Crippen molar-refractivity contribution in [3.63, 3.8) is 0 Å². The van der Waals surface area contributed by atoms with E-state index in [1.807, 2.05) is 0 Å². The van der Waals surface area contributed by atoms with Crippen molar-refractivity contribution in [3.05, 3.63) is 0 Å². The van der Waals surface area contributed by atoms with Crippen LogP contribution < -0.4 is 5.32 Å². The summed E-state index contributed by atoms with van der Waals surface area (Å²) >= 11 is 3.54. The Morgan fingerprint density at radius 2 is 2.31 bits per heavy atom. The fourth-order valence-electron chi connectivity index (χ4n) is 1.37. The second-order valence-corrected chi connectivity index (χ2v) is 5.20. The minimum Gasteiger partial charge on any atom is -0.356 e. The molecule has 1 N–H and O–H groups in total. The summed E-state index contributed by atoms with van der Waals surface area (Å²) in [7, 11) is 0. The Hall–Kier alpha value is -0.0500. The number of hydrogen-bond acceptors (Lipinski definition) is 1. The Labute approximate surface area is 88.6 Å². The molecule has 0 heterocycles. The van der Waals surface area contributed by atoms with Crippen molar-refractivity contribution in [1.29, 1.82) is 0 Å². The molecule has 2 nitrogen and oxygen atoms in total. The molecule has 0 spiro atoms. The van der Waals surface area contributed by atoms with Crippen molar-refractivity contribution < 1.29 is 4.79 Å². The summed E-state index contributed by atoms with van der Waals surface area (Å²) in [5.74, 6) is 1.18. The molecule has 0 saturated heterocycles. The number of hydrogen-bond donors (Lipinski definition) is 1. The number of amides is 1. The third-order valence-electron chi connectivity index (χ3n) is 2.65. The monoisotopic (exact) mass is 247 g/mol. The third-order valence-corrected chi connectivity index (χ3v) is 3.75. The van der Waals surface area contributed by atoms with Gasteiger partial charge in [-0.3, -0.25) is 4.79 Å². The van der Waals surface area contributed by atoms with E-state index in [0.717, 1.165) is 25.8 Å². The van der Waals surface area contributed by atoms with Crippen molar-refractivity contribution in [2.45, 2.75) is 37.9 Å². The minimum absolute atomic E-state index is 0.253. The molecule has 0 aromatic rings. The van der Waals surface area contributed by atoms with Gasteiger partial charge in [0.25, 0.3) is 0 Å². The highest BCUT2D eigenvalue weighted by Gasteiger charge is 2.38. The predicted octanol–water partition coefficient (Wildman–Crippen LogP) is 2.32. The van der Waals surface area contributed by atoms with Gasteiger partial charge in [0.15, 0.2) is 0 Å². The molecule has 0 aromatic heterocycles. The number of carbonyl (C=O) groups is 1. The SMILES string of the molecule is CCC(Br)CCNC(=O)C1CC1C. The van der Waals surface area contributed by atoms with Crippen molar-refractivity contribution in [2.24, 2.45) is 11.8 Å². The maximum absolute atomic E-state index is 11.4. The van der Waals surface area contributed by atoms with E-state index in [2.05, 4.69) is 35.1 Å². The molecular formula is C10H18BrNO. The largest absolute Gasteiger partial charge is 0.356 e. The molecule has 13 heavy (non-hydrogen) atoms. The first-order valence-corrected chi connectivity index (χ1v) is 5.98. The van der Waals surface area contributed by atoms with E-state index in [1.54, 1.807) is 0 Å². The van der Waals surface area contributed by atoms with E-state index in [9.17, 15) is 4.79 Å². The van der Waals surface area contributed by atoms with Crippen molar-refractivity contribution in [3.8, 4) is 0 Å². The van der Waals surface area contributed by atoms with Crippen LogP contribution in [-0.2, 0) is 4.79 Å². The fourth-order valence-corrected chi connectivity index (χ4v) is 1.60. The molecule has 3 heteroatoms. The Morgan fingerprint density at radius 3 is 2.77 bits per heavy atom. The highest BCUT2D eigenvalue weighted by atomic mass is 79.9. The number of nitrogens with one attached hydrogen (secondary N) is 1. The van der Waals surface area contributed by atoms with Crippen LogP contribution in [0.2, 0.25) is 0 Å². The van der Waals surface area contributed by atoms with Gasteiger partial charge in [-0.25, -0.2) is 0 Å². The molecule has 1 saturated carbocycles. The van der Waals surface area contributed by atoms with E-state index in [1.165, 1.54) is 0 Å². The zero-order valence-corrected chi connectivity index (χ0v) is 9.93. The first-order valence-electron chi connectivity index (χ1n) is 5.07. The van der Waals surface area contributed by atoms with Crippen molar-refractivity contribution >= 4 is 21.8 Å². The highest BCUT2D eigenvalue weighted by Crippen LogP contribution is 2.37. The van der Waals surface area contributed by atoms with Gasteiger partial charge in [0, 0.05) is 17.3 Å². The average molecular weight is 248 g/mol. The molecule has 0 bridgehead atoms. The summed E-state index contributed by atoms with van der Waals surface area (Å²) in [6.45, 7) is 5.08. The molecule has 1 aliphatic carbocycles. The summed E-state index contributed by atoms with van der Waals surface area (Å²) in [4.78, 5) is 11.9. The second kappa shape index (κ2) is 4.99. The van der Waals surface area contributed by atoms with Crippen LogP contribution >= 0.6 is 15.9 Å². The van der Waals surface area contributed by atoms with Gasteiger partial charge in [0.2, 0.25) is 5.91 Å². The first kappa shape index (κ1) is 11.0. The van der Waals surface area contributed by atoms with Crippen molar-refractivity contribution in [2.75, 3.05) is 6.54 Å². The lowest BCUT2D eigenvalue weighted by atomic mass is 10.2. The smallest absolute Gasteiger partial charge is 0.223 e. The molecule has 0 aliphatic heterocycles. The van der Waals surface area contributed by atoms with Gasteiger partial charge >= 0.3 is 0 Å². The maximum atomic E-state index is 11.4. The molecule has 0 aromatic carbocycles. The Kier molecular flexibility index (Phi) is 4.23. The second-order valence-electron chi connectivity index (χ2n) is 3.90. The quantitative estimate of drug-likeness (QED) is 0.743. The lowest BCUT2D eigenvalue weighted by molar-refractivity contribution is -0.122. The minimum atomic E-state index is 0.253. The molecule has 1 aliphatic rings. The van der Waals surface area contributed by atoms with Crippen molar-refractivity contribution in [1.82, 2.24) is 5.32 Å². The number of rotatable bonds is 5. The molecule has 1 rings (SSSR count). The number of alkyl halides is 1. The zero-order valence-electron chi connectivity index (χ0n) is 8.35. The highest BCUT2D eigenvalue weighted by molar-refractivity contribution is 9.09. The number of halogens is 1. The van der Waals surface area contributed by atoms with Gasteiger partial charge < -0.3 is 5.32 Å². The van der Waals surface area contributed by atoms with Crippen LogP contribution in [0.3, 0.4) is 0 Å². The third kappa shape index (κ3) is 3.67. The van der Waals surface area contributed by atoms with E-state index in [0.29, 0.717) is 16.7 Å². The van der Waals surface area contributed by atoms with Crippen LogP contribution in [-0.4, -0.2) is 17.3 Å². The molecule has 76 valence electrons. The van der Waals surface area contributed by atoms with Gasteiger partial charge in [0.1, 0.15) is 0 Å². The van der Waals surface area contributed by atoms with Crippen LogP contribution in [0.5, 0.6) is 0 Å². The Morgan fingerprint density at radius 1 is 1.69 bits per heavy atom. The van der Waals surface area contributed by atoms with Crippen LogP contribution in [0.25, 0.3) is 0 Å². The lowest BCUT2D eigenvalue weighted by Gasteiger charge is -2.07. The van der Waals surface area contributed by atoms with Crippen LogP contribution in [0.4, 0.5) is 0 Å². The summed E-state index contributed by atoms with van der Waals surface area (Å²) in [5.41, 5.74) is 0.